The van der Waals surface area contributed by atoms with E-state index in [2.05, 4.69) is 43.4 Å². The molecule has 2 aromatic rings. The fraction of sp³-hybridized carbons (Fsp3) is 0.364. The monoisotopic (exact) mass is 350 g/mol. The minimum atomic E-state index is -0.0889. The highest BCUT2D eigenvalue weighted by Crippen LogP contribution is 2.22. The first-order valence-electron chi connectivity index (χ1n) is 9.36. The topological polar surface area (TPSA) is 49.4 Å². The lowest BCUT2D eigenvalue weighted by atomic mass is 10.0. The Balaban J connectivity index is 1.69. The first kappa shape index (κ1) is 18.2. The minimum Gasteiger partial charge on any atom is -0.345 e. The molecule has 1 N–H and O–H groups in total. The fourth-order valence-corrected chi connectivity index (χ4v) is 3.33. The third kappa shape index (κ3) is 4.13. The van der Waals surface area contributed by atoms with Crippen LogP contribution in [0, 0.1) is 6.92 Å². The van der Waals surface area contributed by atoms with Crippen LogP contribution in [0.25, 0.3) is 0 Å². The van der Waals surface area contributed by atoms with Crippen molar-refractivity contribution in [2.24, 2.45) is 0 Å². The van der Waals surface area contributed by atoms with Crippen molar-refractivity contribution in [2.75, 3.05) is 11.4 Å². The summed E-state index contributed by atoms with van der Waals surface area (Å²) < 4.78 is 0. The molecule has 0 aromatic heterocycles. The van der Waals surface area contributed by atoms with Gasteiger partial charge in [-0.2, -0.15) is 0 Å². The van der Waals surface area contributed by atoms with Crippen LogP contribution in [0.5, 0.6) is 0 Å². The van der Waals surface area contributed by atoms with Crippen molar-refractivity contribution >= 4 is 17.5 Å². The standard InChI is InChI=1S/C22H26N2O2/c1-3-20(17-9-7-16(2)8-10-17)23-22(26)18-11-13-19(14-12-18)24-15-5-4-6-21(24)25/h7-14,20H,3-6,15H2,1-2H3,(H,23,26). The van der Waals surface area contributed by atoms with E-state index in [-0.39, 0.29) is 17.9 Å². The van der Waals surface area contributed by atoms with Gasteiger partial charge < -0.3 is 10.2 Å². The molecule has 26 heavy (non-hydrogen) atoms. The van der Waals surface area contributed by atoms with Crippen molar-refractivity contribution in [1.82, 2.24) is 5.32 Å². The van der Waals surface area contributed by atoms with Crippen molar-refractivity contribution in [2.45, 2.75) is 45.6 Å². The number of amides is 2. The van der Waals surface area contributed by atoms with Crippen molar-refractivity contribution in [3.05, 3.63) is 65.2 Å². The van der Waals surface area contributed by atoms with Crippen LogP contribution in [0.2, 0.25) is 0 Å². The van der Waals surface area contributed by atoms with Crippen LogP contribution in [0.3, 0.4) is 0 Å². The predicted octanol–water partition coefficient (Wildman–Crippen LogP) is 4.39. The van der Waals surface area contributed by atoms with Gasteiger partial charge in [0, 0.05) is 24.2 Å². The molecule has 3 rings (SSSR count). The van der Waals surface area contributed by atoms with E-state index in [1.54, 1.807) is 12.1 Å². The summed E-state index contributed by atoms with van der Waals surface area (Å²) in [5.74, 6) is 0.0767. The molecular weight excluding hydrogens is 324 g/mol. The van der Waals surface area contributed by atoms with Gasteiger partial charge in [-0.3, -0.25) is 9.59 Å². The number of aryl methyl sites for hydroxylation is 1. The molecule has 1 unspecified atom stereocenters. The van der Waals surface area contributed by atoms with E-state index in [0.717, 1.165) is 37.1 Å². The Labute approximate surface area is 155 Å². The molecule has 2 amide bonds. The Kier molecular flexibility index (Phi) is 5.71. The Bertz CT molecular complexity index is 766. The number of hydrogen-bond donors (Lipinski definition) is 1. The normalized spacial score (nSPS) is 15.6. The summed E-state index contributed by atoms with van der Waals surface area (Å²) in [7, 11) is 0. The number of carbonyl (C=O) groups is 2. The first-order chi connectivity index (χ1) is 12.6. The van der Waals surface area contributed by atoms with Gasteiger partial charge in [0.25, 0.3) is 5.91 Å². The molecule has 1 saturated heterocycles. The van der Waals surface area contributed by atoms with Crippen LogP contribution in [0.15, 0.2) is 48.5 Å². The Hall–Kier alpha value is -2.62. The summed E-state index contributed by atoms with van der Waals surface area (Å²) in [6, 6.07) is 15.6. The molecule has 4 heteroatoms. The molecule has 0 aliphatic carbocycles. The van der Waals surface area contributed by atoms with Crippen LogP contribution in [0.4, 0.5) is 5.69 Å². The molecule has 0 saturated carbocycles. The molecule has 1 atom stereocenters. The smallest absolute Gasteiger partial charge is 0.251 e. The summed E-state index contributed by atoms with van der Waals surface area (Å²) in [6.07, 6.45) is 3.43. The highest BCUT2D eigenvalue weighted by atomic mass is 16.2. The molecule has 136 valence electrons. The largest absolute Gasteiger partial charge is 0.345 e. The molecule has 1 aliphatic heterocycles. The van der Waals surface area contributed by atoms with E-state index >= 15 is 0 Å². The SMILES string of the molecule is CCC(NC(=O)c1ccc(N2CCCCC2=O)cc1)c1ccc(C)cc1. The van der Waals surface area contributed by atoms with Crippen LogP contribution >= 0.6 is 0 Å². The number of rotatable bonds is 5. The molecule has 2 aromatic carbocycles. The molecule has 1 heterocycles. The number of piperidine rings is 1. The third-order valence-electron chi connectivity index (χ3n) is 4.96. The summed E-state index contributed by atoms with van der Waals surface area (Å²) in [6.45, 7) is 4.88. The molecular formula is C22H26N2O2. The second kappa shape index (κ2) is 8.17. The zero-order chi connectivity index (χ0) is 18.5. The maximum Gasteiger partial charge on any atom is 0.251 e. The van der Waals surface area contributed by atoms with Gasteiger partial charge >= 0.3 is 0 Å². The summed E-state index contributed by atoms with van der Waals surface area (Å²) in [5, 5.41) is 3.11. The van der Waals surface area contributed by atoms with Crippen molar-refractivity contribution in [3.8, 4) is 0 Å². The van der Waals surface area contributed by atoms with Gasteiger partial charge in [-0.1, -0.05) is 36.8 Å². The maximum absolute atomic E-state index is 12.6. The van der Waals surface area contributed by atoms with E-state index in [1.807, 2.05) is 17.0 Å². The van der Waals surface area contributed by atoms with E-state index in [0.29, 0.717) is 12.0 Å². The number of carbonyl (C=O) groups excluding carboxylic acids is 2. The molecule has 1 fully saturated rings. The van der Waals surface area contributed by atoms with Crippen LogP contribution < -0.4 is 10.2 Å². The zero-order valence-corrected chi connectivity index (χ0v) is 15.5. The van der Waals surface area contributed by atoms with Gasteiger partial charge in [0.05, 0.1) is 6.04 Å². The predicted molar refractivity (Wildman–Crippen MR) is 104 cm³/mol. The van der Waals surface area contributed by atoms with E-state index in [4.69, 9.17) is 0 Å². The fourth-order valence-electron chi connectivity index (χ4n) is 3.33. The highest BCUT2D eigenvalue weighted by molar-refractivity contribution is 5.97. The number of nitrogens with zero attached hydrogens (tertiary/aromatic N) is 1. The van der Waals surface area contributed by atoms with E-state index in [9.17, 15) is 9.59 Å². The molecule has 1 aliphatic rings. The number of nitrogens with one attached hydrogen (secondary N) is 1. The van der Waals surface area contributed by atoms with Gasteiger partial charge in [-0.05, 0) is 56.0 Å². The number of benzene rings is 2. The highest BCUT2D eigenvalue weighted by Gasteiger charge is 2.20. The van der Waals surface area contributed by atoms with Crippen LogP contribution in [-0.4, -0.2) is 18.4 Å². The maximum atomic E-state index is 12.6. The lowest BCUT2D eigenvalue weighted by molar-refractivity contribution is -0.119. The zero-order valence-electron chi connectivity index (χ0n) is 15.5. The van der Waals surface area contributed by atoms with E-state index in [1.165, 1.54) is 5.56 Å². The Morgan fingerprint density at radius 3 is 2.38 bits per heavy atom. The minimum absolute atomic E-state index is 0.00792. The molecule has 4 nitrogen and oxygen atoms in total. The van der Waals surface area contributed by atoms with Gasteiger partial charge in [-0.25, -0.2) is 0 Å². The van der Waals surface area contributed by atoms with Gasteiger partial charge in [0.1, 0.15) is 0 Å². The van der Waals surface area contributed by atoms with Crippen molar-refractivity contribution in [1.29, 1.82) is 0 Å². The summed E-state index contributed by atoms with van der Waals surface area (Å²) in [5.41, 5.74) is 3.81. The van der Waals surface area contributed by atoms with Crippen LogP contribution in [-0.2, 0) is 4.79 Å². The van der Waals surface area contributed by atoms with Crippen molar-refractivity contribution < 1.29 is 9.59 Å². The third-order valence-corrected chi connectivity index (χ3v) is 4.96. The summed E-state index contributed by atoms with van der Waals surface area (Å²) in [4.78, 5) is 26.5. The number of hydrogen-bond acceptors (Lipinski definition) is 2. The second-order valence-corrected chi connectivity index (χ2v) is 6.89. The second-order valence-electron chi connectivity index (χ2n) is 6.89. The van der Waals surface area contributed by atoms with Gasteiger partial charge in [0.15, 0.2) is 0 Å². The Morgan fingerprint density at radius 2 is 1.77 bits per heavy atom. The average Bonchev–Trinajstić information content (AvgIpc) is 2.67. The molecule has 0 bridgehead atoms. The van der Waals surface area contributed by atoms with Gasteiger partial charge in [0.2, 0.25) is 5.91 Å². The lowest BCUT2D eigenvalue weighted by Crippen LogP contribution is -2.35. The average molecular weight is 350 g/mol. The molecule has 0 radical (unpaired) electrons. The van der Waals surface area contributed by atoms with Crippen LogP contribution in [0.1, 0.15) is 60.1 Å². The molecule has 0 spiro atoms. The lowest BCUT2D eigenvalue weighted by Gasteiger charge is -2.27. The quantitative estimate of drug-likeness (QED) is 0.869. The summed E-state index contributed by atoms with van der Waals surface area (Å²) >= 11 is 0. The Morgan fingerprint density at radius 1 is 1.08 bits per heavy atom. The van der Waals surface area contributed by atoms with Gasteiger partial charge in [-0.15, -0.1) is 0 Å². The first-order valence-corrected chi connectivity index (χ1v) is 9.36. The van der Waals surface area contributed by atoms with E-state index < -0.39 is 0 Å². The number of anilines is 1. The van der Waals surface area contributed by atoms with Crippen molar-refractivity contribution in [3.63, 3.8) is 0 Å².